The minimum absolute atomic E-state index is 0. The predicted molar refractivity (Wildman–Crippen MR) is 143 cm³/mol. The molecule has 0 fully saturated rings. The summed E-state index contributed by atoms with van der Waals surface area (Å²) in [6.45, 7) is 3.14. The molecule has 0 amide bonds. The quantitative estimate of drug-likeness (QED) is 0.342. The Hall–Kier alpha value is -3.36. The highest BCUT2D eigenvalue weighted by Gasteiger charge is 2.12. The van der Waals surface area contributed by atoms with Crippen LogP contribution in [0.25, 0.3) is 0 Å². The lowest BCUT2D eigenvalue weighted by atomic mass is 10.0. The number of ketones is 2. The Morgan fingerprint density at radius 2 is 0.861 bits per heavy atom. The van der Waals surface area contributed by atoms with Crippen molar-refractivity contribution in [3.05, 3.63) is 70.8 Å². The molecule has 0 saturated carbocycles. The lowest BCUT2D eigenvalue weighted by Gasteiger charge is -2.07. The second kappa shape index (κ2) is 18.0. The molecular formula is C28H42N2O6. The molecule has 8 nitrogen and oxygen atoms in total. The predicted octanol–water partition coefficient (Wildman–Crippen LogP) is 3.60. The van der Waals surface area contributed by atoms with Crippen LogP contribution in [-0.2, 0) is 44.9 Å². The number of nitrogens with two attached hydrogens (primary N) is 2. The lowest BCUT2D eigenvalue weighted by Crippen LogP contribution is -2.32. The van der Waals surface area contributed by atoms with Gasteiger partial charge in [0.05, 0.1) is 0 Å². The molecule has 2 aromatic rings. The van der Waals surface area contributed by atoms with E-state index in [-0.39, 0.29) is 26.4 Å². The van der Waals surface area contributed by atoms with Crippen molar-refractivity contribution in [3.8, 4) is 0 Å². The molecule has 0 aliphatic carbocycles. The number of Topliss-reactive ketones (excluding diaryl/α,β-unsaturated/α-hetero) is 2. The van der Waals surface area contributed by atoms with Gasteiger partial charge in [-0.15, -0.1) is 0 Å². The first-order valence-electron chi connectivity index (χ1n) is 11.1. The van der Waals surface area contributed by atoms with E-state index in [0.29, 0.717) is 25.7 Å². The number of rotatable bonds is 12. The van der Waals surface area contributed by atoms with E-state index in [9.17, 15) is 19.2 Å². The van der Waals surface area contributed by atoms with Crippen LogP contribution in [0.1, 0.15) is 63.8 Å². The average molecular weight is 503 g/mol. The fourth-order valence-electron chi connectivity index (χ4n) is 3.01. The first-order valence-corrected chi connectivity index (χ1v) is 11.1. The SMILES string of the molecule is C.C.CC(=O)CCc1ccc(CC(N)C(=O)O)cc1.CC(=O)CCc1ccc(CC(N)C(=O)O)cc1. The Labute approximate surface area is 214 Å². The molecule has 0 aromatic heterocycles. The summed E-state index contributed by atoms with van der Waals surface area (Å²) in [6, 6.07) is 13.4. The molecule has 0 spiro atoms. The number of carbonyl (C=O) groups excluding carboxylic acids is 2. The molecule has 36 heavy (non-hydrogen) atoms. The van der Waals surface area contributed by atoms with E-state index in [4.69, 9.17) is 21.7 Å². The summed E-state index contributed by atoms with van der Waals surface area (Å²) >= 11 is 0. The average Bonchev–Trinajstić information content (AvgIpc) is 2.78. The maximum absolute atomic E-state index is 10.8. The molecule has 0 aliphatic rings. The van der Waals surface area contributed by atoms with Crippen LogP contribution in [0, 0.1) is 0 Å². The summed E-state index contributed by atoms with van der Waals surface area (Å²) in [7, 11) is 0. The van der Waals surface area contributed by atoms with E-state index < -0.39 is 24.0 Å². The lowest BCUT2D eigenvalue weighted by molar-refractivity contribution is -0.139. The number of aryl methyl sites for hydroxylation is 2. The van der Waals surface area contributed by atoms with Gasteiger partial charge >= 0.3 is 11.9 Å². The van der Waals surface area contributed by atoms with Gasteiger partial charge in [-0.25, -0.2) is 0 Å². The van der Waals surface area contributed by atoms with Crippen LogP contribution in [-0.4, -0.2) is 45.8 Å². The van der Waals surface area contributed by atoms with Crippen molar-refractivity contribution in [1.29, 1.82) is 0 Å². The van der Waals surface area contributed by atoms with Crippen molar-refractivity contribution in [2.45, 2.75) is 79.3 Å². The van der Waals surface area contributed by atoms with Gasteiger partial charge in [0.1, 0.15) is 23.7 Å². The summed E-state index contributed by atoms with van der Waals surface area (Å²) in [5.41, 5.74) is 14.8. The van der Waals surface area contributed by atoms with E-state index in [0.717, 1.165) is 35.1 Å². The van der Waals surface area contributed by atoms with Gasteiger partial charge in [0.2, 0.25) is 0 Å². The van der Waals surface area contributed by atoms with E-state index in [2.05, 4.69) is 0 Å². The van der Waals surface area contributed by atoms with Crippen LogP contribution in [0.5, 0.6) is 0 Å². The fourth-order valence-corrected chi connectivity index (χ4v) is 3.01. The first kappa shape index (κ1) is 34.8. The van der Waals surface area contributed by atoms with Crippen molar-refractivity contribution in [1.82, 2.24) is 0 Å². The highest BCUT2D eigenvalue weighted by molar-refractivity contribution is 5.76. The van der Waals surface area contributed by atoms with Gasteiger partial charge in [-0.05, 0) is 61.8 Å². The molecule has 0 radical (unpaired) electrons. The van der Waals surface area contributed by atoms with E-state index in [1.54, 1.807) is 13.8 Å². The highest BCUT2D eigenvalue weighted by Crippen LogP contribution is 2.10. The Balaban J connectivity index is 0. The molecule has 8 heteroatoms. The topological polar surface area (TPSA) is 161 Å². The Kier molecular flexibility index (Phi) is 17.4. The summed E-state index contributed by atoms with van der Waals surface area (Å²) < 4.78 is 0. The summed E-state index contributed by atoms with van der Waals surface area (Å²) in [4.78, 5) is 42.8. The minimum atomic E-state index is -0.995. The summed E-state index contributed by atoms with van der Waals surface area (Å²) in [5, 5.41) is 17.4. The van der Waals surface area contributed by atoms with E-state index in [1.807, 2.05) is 48.5 Å². The number of hydrogen-bond acceptors (Lipinski definition) is 6. The van der Waals surface area contributed by atoms with Gasteiger partial charge in [-0.3, -0.25) is 9.59 Å². The van der Waals surface area contributed by atoms with Crippen molar-refractivity contribution in [3.63, 3.8) is 0 Å². The number of carboxylic acids is 2. The summed E-state index contributed by atoms with van der Waals surface area (Å²) in [5.74, 6) is -1.65. The zero-order chi connectivity index (χ0) is 25.7. The number of benzene rings is 2. The Bertz CT molecular complexity index is 876. The van der Waals surface area contributed by atoms with Crippen LogP contribution >= 0.6 is 0 Å². The largest absolute Gasteiger partial charge is 0.480 e. The Morgan fingerprint density at radius 3 is 1.08 bits per heavy atom. The monoisotopic (exact) mass is 502 g/mol. The third kappa shape index (κ3) is 14.8. The van der Waals surface area contributed by atoms with Crippen molar-refractivity contribution in [2.75, 3.05) is 0 Å². The smallest absolute Gasteiger partial charge is 0.320 e. The van der Waals surface area contributed by atoms with Crippen LogP contribution in [0.4, 0.5) is 0 Å². The minimum Gasteiger partial charge on any atom is -0.480 e. The van der Waals surface area contributed by atoms with E-state index >= 15 is 0 Å². The molecule has 0 heterocycles. The fraction of sp³-hybridized carbons (Fsp3) is 0.429. The molecule has 2 atom stereocenters. The third-order valence-electron chi connectivity index (χ3n) is 5.12. The molecule has 2 aromatic carbocycles. The second-order valence-corrected chi connectivity index (χ2v) is 8.33. The van der Waals surface area contributed by atoms with Crippen LogP contribution in [0.15, 0.2) is 48.5 Å². The molecule has 200 valence electrons. The summed E-state index contributed by atoms with van der Waals surface area (Å²) in [6.07, 6.45) is 3.16. The van der Waals surface area contributed by atoms with Crippen LogP contribution < -0.4 is 11.5 Å². The number of carboxylic acid groups (broad SMARTS) is 2. The Morgan fingerprint density at radius 1 is 0.611 bits per heavy atom. The molecule has 2 unspecified atom stereocenters. The molecule has 0 bridgehead atoms. The highest BCUT2D eigenvalue weighted by atomic mass is 16.4. The zero-order valence-corrected chi connectivity index (χ0v) is 19.7. The molecule has 0 saturated heterocycles. The van der Waals surface area contributed by atoms with E-state index in [1.165, 1.54) is 0 Å². The maximum Gasteiger partial charge on any atom is 0.320 e. The molecule has 6 N–H and O–H groups in total. The third-order valence-corrected chi connectivity index (χ3v) is 5.12. The molecule has 2 rings (SSSR count). The second-order valence-electron chi connectivity index (χ2n) is 8.33. The van der Waals surface area contributed by atoms with Gasteiger partial charge < -0.3 is 31.3 Å². The normalized spacial score (nSPS) is 11.4. The van der Waals surface area contributed by atoms with Crippen LogP contribution in [0.2, 0.25) is 0 Å². The van der Waals surface area contributed by atoms with Crippen molar-refractivity contribution >= 4 is 23.5 Å². The van der Waals surface area contributed by atoms with Gasteiger partial charge in [-0.2, -0.15) is 0 Å². The van der Waals surface area contributed by atoms with Gasteiger partial charge in [0.25, 0.3) is 0 Å². The maximum atomic E-state index is 10.8. The zero-order valence-electron chi connectivity index (χ0n) is 19.7. The van der Waals surface area contributed by atoms with Crippen molar-refractivity contribution < 1.29 is 29.4 Å². The molecule has 0 aliphatic heterocycles. The van der Waals surface area contributed by atoms with Gasteiger partial charge in [0, 0.05) is 12.8 Å². The van der Waals surface area contributed by atoms with Gasteiger partial charge in [0.15, 0.2) is 0 Å². The molecular weight excluding hydrogens is 460 g/mol. The van der Waals surface area contributed by atoms with Gasteiger partial charge in [-0.1, -0.05) is 63.4 Å². The number of hydrogen-bond donors (Lipinski definition) is 4. The number of aliphatic carboxylic acids is 2. The first-order chi connectivity index (χ1) is 16.0. The number of carbonyl (C=O) groups is 4. The standard InChI is InChI=1S/2C13H17NO3.2CH4/c2*1-9(15)2-3-10-4-6-11(7-5-10)8-12(14)13(16)17;;/h2*4-7,12H,2-3,8,14H2,1H3,(H,16,17);2*1H4. The van der Waals surface area contributed by atoms with Crippen molar-refractivity contribution in [2.24, 2.45) is 11.5 Å². The van der Waals surface area contributed by atoms with Crippen LogP contribution in [0.3, 0.4) is 0 Å².